The van der Waals surface area contributed by atoms with Crippen molar-refractivity contribution in [3.63, 3.8) is 0 Å². The van der Waals surface area contributed by atoms with Gasteiger partial charge in [-0.2, -0.15) is 0 Å². The summed E-state index contributed by atoms with van der Waals surface area (Å²) in [5.41, 5.74) is 0. The largest absolute Gasteiger partial charge is 0.480 e. The highest BCUT2D eigenvalue weighted by Crippen LogP contribution is 2.19. The van der Waals surface area contributed by atoms with E-state index in [-0.39, 0.29) is 5.91 Å². The van der Waals surface area contributed by atoms with Gasteiger partial charge in [-0.3, -0.25) is 4.79 Å². The first-order chi connectivity index (χ1) is 5.52. The Hall–Kier alpha value is -1.06. The van der Waals surface area contributed by atoms with Crippen molar-refractivity contribution in [2.24, 2.45) is 5.92 Å². The molecule has 0 bridgehead atoms. The summed E-state index contributed by atoms with van der Waals surface area (Å²) in [5, 5.41) is 8.65. The Morgan fingerprint density at radius 1 is 1.75 bits per heavy atom. The monoisotopic (exact) mass is 171 g/mol. The number of rotatable bonds is 2. The van der Waals surface area contributed by atoms with Gasteiger partial charge in [0, 0.05) is 13.0 Å². The van der Waals surface area contributed by atoms with E-state index in [9.17, 15) is 9.59 Å². The van der Waals surface area contributed by atoms with Gasteiger partial charge in [0.1, 0.15) is 6.04 Å². The van der Waals surface area contributed by atoms with Crippen LogP contribution in [0.1, 0.15) is 20.3 Å². The fourth-order valence-electron chi connectivity index (χ4n) is 1.42. The second-order valence-electron chi connectivity index (χ2n) is 3.37. The van der Waals surface area contributed by atoms with E-state index in [1.54, 1.807) is 0 Å². The Labute approximate surface area is 71.2 Å². The summed E-state index contributed by atoms with van der Waals surface area (Å²) < 4.78 is 0. The normalized spacial score (nSPS) is 26.0. The Kier molecular flexibility index (Phi) is 2.35. The average molecular weight is 171 g/mol. The first-order valence-electron chi connectivity index (χ1n) is 4.04. The van der Waals surface area contributed by atoms with Crippen LogP contribution in [0.4, 0.5) is 0 Å². The summed E-state index contributed by atoms with van der Waals surface area (Å²) in [7, 11) is 0. The topological polar surface area (TPSA) is 57.6 Å². The Morgan fingerprint density at radius 2 is 2.33 bits per heavy atom. The molecule has 2 unspecified atom stereocenters. The summed E-state index contributed by atoms with van der Waals surface area (Å²) in [6.07, 6.45) is 0.484. The average Bonchev–Trinajstić information content (AvgIpc) is 2.28. The molecule has 1 N–H and O–H groups in total. The zero-order valence-corrected chi connectivity index (χ0v) is 7.28. The predicted molar refractivity (Wildman–Crippen MR) is 42.6 cm³/mol. The number of likely N-dealkylation sites (tertiary alicyclic amines) is 1. The van der Waals surface area contributed by atoms with Crippen LogP contribution in [0.5, 0.6) is 0 Å². The van der Waals surface area contributed by atoms with Crippen LogP contribution < -0.4 is 0 Å². The third kappa shape index (κ3) is 1.57. The van der Waals surface area contributed by atoms with Crippen LogP contribution in [0, 0.1) is 5.92 Å². The number of nitrogens with zero attached hydrogens (tertiary/aromatic N) is 1. The second-order valence-corrected chi connectivity index (χ2v) is 3.37. The quantitative estimate of drug-likeness (QED) is 0.651. The summed E-state index contributed by atoms with van der Waals surface area (Å²) in [6, 6.07) is -0.678. The van der Waals surface area contributed by atoms with E-state index in [1.165, 1.54) is 11.8 Å². The lowest BCUT2D eigenvalue weighted by atomic mass is 10.2. The van der Waals surface area contributed by atoms with Gasteiger partial charge in [-0.1, -0.05) is 6.92 Å². The minimum Gasteiger partial charge on any atom is -0.480 e. The molecule has 1 heterocycles. The first kappa shape index (κ1) is 9.03. The van der Waals surface area contributed by atoms with Crippen molar-refractivity contribution in [3.8, 4) is 0 Å². The third-order valence-electron chi connectivity index (χ3n) is 2.18. The molecule has 0 aliphatic carbocycles. The van der Waals surface area contributed by atoms with Crippen molar-refractivity contribution < 1.29 is 14.7 Å². The molecule has 4 heteroatoms. The number of carboxylic acid groups (broad SMARTS) is 1. The van der Waals surface area contributed by atoms with Crippen molar-refractivity contribution >= 4 is 11.9 Å². The molecule has 0 radical (unpaired) electrons. The van der Waals surface area contributed by atoms with Crippen molar-refractivity contribution in [1.29, 1.82) is 0 Å². The van der Waals surface area contributed by atoms with Gasteiger partial charge >= 0.3 is 5.97 Å². The van der Waals surface area contributed by atoms with Crippen LogP contribution in [-0.2, 0) is 9.59 Å². The number of carboxylic acids is 1. The maximum atomic E-state index is 11.2. The molecule has 0 aromatic carbocycles. The van der Waals surface area contributed by atoms with Gasteiger partial charge in [-0.25, -0.2) is 4.79 Å². The molecule has 1 aliphatic heterocycles. The smallest absolute Gasteiger partial charge is 0.326 e. The first-order valence-corrected chi connectivity index (χ1v) is 4.04. The number of hydrogen-bond donors (Lipinski definition) is 1. The molecule has 1 saturated heterocycles. The van der Waals surface area contributed by atoms with E-state index in [1.807, 2.05) is 6.92 Å². The van der Waals surface area contributed by atoms with Crippen molar-refractivity contribution in [2.45, 2.75) is 26.3 Å². The molecular weight excluding hydrogens is 158 g/mol. The van der Waals surface area contributed by atoms with Gasteiger partial charge in [-0.05, 0) is 12.8 Å². The summed E-state index contributed by atoms with van der Waals surface area (Å²) in [4.78, 5) is 23.2. The summed E-state index contributed by atoms with van der Waals surface area (Å²) in [5.74, 6) is -0.686. The molecule has 1 aliphatic rings. The van der Waals surface area contributed by atoms with Crippen LogP contribution in [-0.4, -0.2) is 34.5 Å². The SMILES string of the molecule is CC1CC(=O)N(C(C)C(=O)O)C1. The highest BCUT2D eigenvalue weighted by molar-refractivity contribution is 5.84. The fourth-order valence-corrected chi connectivity index (χ4v) is 1.42. The van der Waals surface area contributed by atoms with Gasteiger partial charge < -0.3 is 10.0 Å². The van der Waals surface area contributed by atoms with Gasteiger partial charge in [0.15, 0.2) is 0 Å². The van der Waals surface area contributed by atoms with Gasteiger partial charge in [-0.15, -0.1) is 0 Å². The number of aliphatic carboxylic acids is 1. The summed E-state index contributed by atoms with van der Waals surface area (Å²) >= 11 is 0. The molecule has 2 atom stereocenters. The number of amides is 1. The van der Waals surface area contributed by atoms with Crippen molar-refractivity contribution in [1.82, 2.24) is 4.90 Å². The van der Waals surface area contributed by atoms with E-state index in [2.05, 4.69) is 0 Å². The van der Waals surface area contributed by atoms with Crippen LogP contribution in [0.3, 0.4) is 0 Å². The zero-order chi connectivity index (χ0) is 9.30. The van der Waals surface area contributed by atoms with Gasteiger partial charge in [0.05, 0.1) is 0 Å². The molecule has 0 aromatic heterocycles. The van der Waals surface area contributed by atoms with Gasteiger partial charge in [0.25, 0.3) is 0 Å². The van der Waals surface area contributed by atoms with Crippen LogP contribution >= 0.6 is 0 Å². The predicted octanol–water partition coefficient (Wildman–Crippen LogP) is 0.328. The van der Waals surface area contributed by atoms with Crippen molar-refractivity contribution in [2.75, 3.05) is 6.54 Å². The minimum atomic E-state index is -0.933. The third-order valence-corrected chi connectivity index (χ3v) is 2.18. The molecule has 1 amide bonds. The van der Waals surface area contributed by atoms with Crippen LogP contribution in [0.2, 0.25) is 0 Å². The van der Waals surface area contributed by atoms with E-state index >= 15 is 0 Å². The lowest BCUT2D eigenvalue weighted by Crippen LogP contribution is -2.39. The van der Waals surface area contributed by atoms with E-state index in [0.717, 1.165) is 0 Å². The highest BCUT2D eigenvalue weighted by Gasteiger charge is 2.32. The minimum absolute atomic E-state index is 0.0441. The molecular formula is C8H13NO3. The molecule has 12 heavy (non-hydrogen) atoms. The van der Waals surface area contributed by atoms with Crippen LogP contribution in [0.15, 0.2) is 0 Å². The molecule has 0 spiro atoms. The van der Waals surface area contributed by atoms with E-state index in [0.29, 0.717) is 18.9 Å². The van der Waals surface area contributed by atoms with E-state index < -0.39 is 12.0 Å². The lowest BCUT2D eigenvalue weighted by Gasteiger charge is -2.20. The number of hydrogen-bond acceptors (Lipinski definition) is 2. The van der Waals surface area contributed by atoms with Gasteiger partial charge in [0.2, 0.25) is 5.91 Å². The highest BCUT2D eigenvalue weighted by atomic mass is 16.4. The Balaban J connectivity index is 2.64. The van der Waals surface area contributed by atoms with E-state index in [4.69, 9.17) is 5.11 Å². The fraction of sp³-hybridized carbons (Fsp3) is 0.750. The number of carbonyl (C=O) groups excluding carboxylic acids is 1. The lowest BCUT2D eigenvalue weighted by molar-refractivity contribution is -0.147. The van der Waals surface area contributed by atoms with Crippen molar-refractivity contribution in [3.05, 3.63) is 0 Å². The zero-order valence-electron chi connectivity index (χ0n) is 7.28. The van der Waals surface area contributed by atoms with Crippen LogP contribution in [0.25, 0.3) is 0 Å². The second kappa shape index (κ2) is 3.13. The Bertz CT molecular complexity index is 214. The number of carbonyl (C=O) groups is 2. The maximum Gasteiger partial charge on any atom is 0.326 e. The molecule has 4 nitrogen and oxygen atoms in total. The molecule has 1 fully saturated rings. The maximum absolute atomic E-state index is 11.2. The molecule has 0 aromatic rings. The summed E-state index contributed by atoms with van der Waals surface area (Å²) in [6.45, 7) is 4.07. The molecule has 1 rings (SSSR count). The Morgan fingerprint density at radius 3 is 2.67 bits per heavy atom. The standard InChI is InChI=1S/C8H13NO3/c1-5-3-7(10)9(4-5)6(2)8(11)12/h5-6H,3-4H2,1-2H3,(H,11,12). The molecule has 0 saturated carbocycles. The molecule has 68 valence electrons.